The van der Waals surface area contributed by atoms with Crippen LogP contribution in [0.4, 0.5) is 0 Å². The molecule has 0 heterocycles. The van der Waals surface area contributed by atoms with E-state index in [0.717, 1.165) is 0 Å². The summed E-state index contributed by atoms with van der Waals surface area (Å²) in [4.78, 5) is 0. The van der Waals surface area contributed by atoms with Crippen molar-refractivity contribution in [1.29, 1.82) is 0 Å². The maximum absolute atomic E-state index is 2.39. The van der Waals surface area contributed by atoms with Crippen LogP contribution in [0.3, 0.4) is 0 Å². The highest BCUT2D eigenvalue weighted by molar-refractivity contribution is 7.56. The molecule has 4 rings (SSSR count). The smallest absolute Gasteiger partial charge is 0.00677 e. The molecule has 0 nitrogen and oxygen atoms in total. The minimum Gasteiger partial charge on any atom is -0.0622 e. The highest BCUT2D eigenvalue weighted by atomic mass is 31.1. The SMILES string of the molecule is Cc1cc(C)c(-c2c(C)cc(C)cc2Pc2ccccc2)c(Pc2ccccc2)c1. The molecular formula is C28H28P2. The van der Waals surface area contributed by atoms with Crippen LogP contribution in [0.2, 0.25) is 0 Å². The first kappa shape index (κ1) is 21.0. The van der Waals surface area contributed by atoms with Gasteiger partial charge in [0.25, 0.3) is 0 Å². The number of hydrogen-bond acceptors (Lipinski definition) is 0. The molecule has 2 unspecified atom stereocenters. The number of aryl methyl sites for hydroxylation is 4. The van der Waals surface area contributed by atoms with Crippen LogP contribution in [0, 0.1) is 27.7 Å². The van der Waals surface area contributed by atoms with Crippen LogP contribution in [0.5, 0.6) is 0 Å². The lowest BCUT2D eigenvalue weighted by Crippen LogP contribution is -2.16. The van der Waals surface area contributed by atoms with Gasteiger partial charge in [0.1, 0.15) is 0 Å². The molecule has 4 aromatic rings. The Kier molecular flexibility index (Phi) is 6.48. The topological polar surface area (TPSA) is 0 Å². The second-order valence-corrected chi connectivity index (χ2v) is 10.7. The first-order chi connectivity index (χ1) is 14.5. The van der Waals surface area contributed by atoms with E-state index in [-0.39, 0.29) is 0 Å². The molecule has 0 aliphatic carbocycles. The van der Waals surface area contributed by atoms with E-state index >= 15 is 0 Å². The Bertz CT molecular complexity index is 1070. The van der Waals surface area contributed by atoms with Crippen molar-refractivity contribution in [3.05, 3.63) is 107 Å². The van der Waals surface area contributed by atoms with Gasteiger partial charge in [-0.2, -0.15) is 0 Å². The van der Waals surface area contributed by atoms with Crippen molar-refractivity contribution in [3.8, 4) is 11.1 Å². The minimum absolute atomic E-state index is 0.655. The second-order valence-electron chi connectivity index (χ2n) is 7.99. The van der Waals surface area contributed by atoms with Crippen LogP contribution >= 0.6 is 17.2 Å². The molecule has 0 saturated heterocycles. The maximum Gasteiger partial charge on any atom is -0.00677 e. The molecule has 0 radical (unpaired) electrons. The van der Waals surface area contributed by atoms with Crippen LogP contribution in [0.15, 0.2) is 84.9 Å². The van der Waals surface area contributed by atoms with Gasteiger partial charge in [-0.05, 0) is 71.2 Å². The fourth-order valence-electron chi connectivity index (χ4n) is 4.15. The van der Waals surface area contributed by atoms with E-state index in [0.29, 0.717) is 17.2 Å². The van der Waals surface area contributed by atoms with E-state index in [2.05, 4.69) is 113 Å². The van der Waals surface area contributed by atoms with Gasteiger partial charge in [0, 0.05) is 0 Å². The fraction of sp³-hybridized carbons (Fsp3) is 0.143. The Morgan fingerprint density at radius 3 is 1.20 bits per heavy atom. The summed E-state index contributed by atoms with van der Waals surface area (Å²) in [5, 5.41) is 5.68. The zero-order valence-electron chi connectivity index (χ0n) is 18.1. The van der Waals surface area contributed by atoms with E-state index < -0.39 is 0 Å². The van der Waals surface area contributed by atoms with Gasteiger partial charge in [-0.1, -0.05) is 113 Å². The van der Waals surface area contributed by atoms with Gasteiger partial charge in [0.05, 0.1) is 0 Å². The zero-order valence-corrected chi connectivity index (χ0v) is 20.1. The Labute approximate surface area is 184 Å². The molecule has 4 aromatic carbocycles. The van der Waals surface area contributed by atoms with Gasteiger partial charge in [-0.15, -0.1) is 0 Å². The van der Waals surface area contributed by atoms with Gasteiger partial charge in [0.15, 0.2) is 0 Å². The van der Waals surface area contributed by atoms with Crippen LogP contribution in [-0.2, 0) is 0 Å². The Morgan fingerprint density at radius 2 is 0.833 bits per heavy atom. The molecule has 150 valence electrons. The average Bonchev–Trinajstić information content (AvgIpc) is 2.71. The van der Waals surface area contributed by atoms with Gasteiger partial charge < -0.3 is 0 Å². The summed E-state index contributed by atoms with van der Waals surface area (Å²) in [5.41, 5.74) is 8.29. The predicted octanol–water partition coefficient (Wildman–Crippen LogP) is 5.85. The normalized spacial score (nSPS) is 11.7. The van der Waals surface area contributed by atoms with Crippen molar-refractivity contribution in [2.24, 2.45) is 0 Å². The van der Waals surface area contributed by atoms with Crippen molar-refractivity contribution in [2.75, 3.05) is 0 Å². The molecule has 0 fully saturated rings. The van der Waals surface area contributed by atoms with E-state index in [1.807, 2.05) is 0 Å². The van der Waals surface area contributed by atoms with Gasteiger partial charge in [-0.3, -0.25) is 0 Å². The Balaban J connectivity index is 1.90. The zero-order chi connectivity index (χ0) is 21.1. The lowest BCUT2D eigenvalue weighted by atomic mass is 9.94. The molecule has 0 spiro atoms. The van der Waals surface area contributed by atoms with Gasteiger partial charge >= 0.3 is 0 Å². The maximum atomic E-state index is 2.39. The molecule has 0 aliphatic heterocycles. The van der Waals surface area contributed by atoms with Crippen molar-refractivity contribution in [2.45, 2.75) is 27.7 Å². The largest absolute Gasteiger partial charge is 0.0622 e. The lowest BCUT2D eigenvalue weighted by Gasteiger charge is -2.21. The van der Waals surface area contributed by atoms with Crippen molar-refractivity contribution in [1.82, 2.24) is 0 Å². The van der Waals surface area contributed by atoms with E-state index in [4.69, 9.17) is 0 Å². The fourth-order valence-corrected chi connectivity index (χ4v) is 6.98. The molecule has 0 saturated carbocycles. The van der Waals surface area contributed by atoms with Gasteiger partial charge in [0.2, 0.25) is 0 Å². The third kappa shape index (κ3) is 4.73. The molecule has 0 N–H and O–H groups in total. The van der Waals surface area contributed by atoms with E-state index in [1.54, 1.807) is 0 Å². The molecule has 2 atom stereocenters. The third-order valence-corrected chi connectivity index (χ3v) is 7.89. The van der Waals surface area contributed by atoms with Crippen molar-refractivity contribution < 1.29 is 0 Å². The third-order valence-electron chi connectivity index (χ3n) is 5.32. The highest BCUT2D eigenvalue weighted by Crippen LogP contribution is 2.33. The molecule has 0 amide bonds. The summed E-state index contributed by atoms with van der Waals surface area (Å²) < 4.78 is 0. The summed E-state index contributed by atoms with van der Waals surface area (Å²) in [6.07, 6.45) is 0. The number of benzene rings is 4. The van der Waals surface area contributed by atoms with Crippen LogP contribution in [0.1, 0.15) is 22.3 Å². The molecule has 0 aliphatic rings. The van der Waals surface area contributed by atoms with Gasteiger partial charge in [-0.25, -0.2) is 0 Å². The summed E-state index contributed by atoms with van der Waals surface area (Å²) in [6, 6.07) is 31.2. The van der Waals surface area contributed by atoms with E-state index in [1.165, 1.54) is 54.6 Å². The van der Waals surface area contributed by atoms with Crippen molar-refractivity contribution in [3.63, 3.8) is 0 Å². The van der Waals surface area contributed by atoms with Crippen LogP contribution < -0.4 is 21.2 Å². The van der Waals surface area contributed by atoms with Crippen LogP contribution in [0.25, 0.3) is 11.1 Å². The monoisotopic (exact) mass is 426 g/mol. The number of hydrogen-bond donors (Lipinski definition) is 0. The first-order valence-electron chi connectivity index (χ1n) is 10.4. The summed E-state index contributed by atoms with van der Waals surface area (Å²) >= 11 is 0. The Hall–Kier alpha value is -2.26. The standard InChI is InChI=1S/C28H28P2/c1-19-15-21(3)27(25(17-19)29-23-11-7-5-8-12-23)28-22(4)16-20(2)18-26(28)30-24-13-9-6-10-14-24/h5-18,29-30H,1-4H3. The predicted molar refractivity (Wildman–Crippen MR) is 139 cm³/mol. The Morgan fingerprint density at radius 1 is 0.467 bits per heavy atom. The highest BCUT2D eigenvalue weighted by Gasteiger charge is 2.17. The van der Waals surface area contributed by atoms with E-state index in [9.17, 15) is 0 Å². The summed E-state index contributed by atoms with van der Waals surface area (Å²) in [6.45, 7) is 8.97. The molecular weight excluding hydrogens is 398 g/mol. The summed E-state index contributed by atoms with van der Waals surface area (Å²) in [5.74, 6) is 0. The number of rotatable bonds is 5. The van der Waals surface area contributed by atoms with Crippen LogP contribution in [-0.4, -0.2) is 0 Å². The molecule has 2 heteroatoms. The quantitative estimate of drug-likeness (QED) is 0.352. The average molecular weight is 426 g/mol. The van der Waals surface area contributed by atoms with Crippen molar-refractivity contribution >= 4 is 38.4 Å². The summed E-state index contributed by atoms with van der Waals surface area (Å²) in [7, 11) is 1.31. The molecule has 0 aromatic heterocycles. The second kappa shape index (κ2) is 9.26. The minimum atomic E-state index is 0.655. The molecule has 0 bridgehead atoms. The first-order valence-corrected chi connectivity index (χ1v) is 12.4. The molecule has 30 heavy (non-hydrogen) atoms. The lowest BCUT2D eigenvalue weighted by molar-refractivity contribution is 1.37.